The van der Waals surface area contributed by atoms with Crippen molar-refractivity contribution in [3.8, 4) is 0 Å². The van der Waals surface area contributed by atoms with Gasteiger partial charge in [-0.25, -0.2) is 12.8 Å². The van der Waals surface area contributed by atoms with Crippen LogP contribution in [-0.2, 0) is 19.6 Å². The molecule has 0 atom stereocenters. The van der Waals surface area contributed by atoms with Gasteiger partial charge in [-0.1, -0.05) is 0 Å². The summed E-state index contributed by atoms with van der Waals surface area (Å²) in [5.74, 6) is -0.444. The Balaban J connectivity index is 1.31. The number of rotatable bonds is 3. The van der Waals surface area contributed by atoms with E-state index in [2.05, 4.69) is 0 Å². The second-order valence-corrected chi connectivity index (χ2v) is 10.4. The van der Waals surface area contributed by atoms with Crippen LogP contribution in [0.3, 0.4) is 0 Å². The van der Waals surface area contributed by atoms with Gasteiger partial charge in [0.1, 0.15) is 5.82 Å². The van der Waals surface area contributed by atoms with Crippen LogP contribution in [0.15, 0.2) is 29.2 Å². The van der Waals surface area contributed by atoms with E-state index in [1.807, 2.05) is 4.90 Å². The van der Waals surface area contributed by atoms with E-state index in [1.54, 1.807) is 0 Å². The van der Waals surface area contributed by atoms with Gasteiger partial charge in [0.15, 0.2) is 0 Å². The molecule has 0 radical (unpaired) electrons. The van der Waals surface area contributed by atoms with Crippen molar-refractivity contribution in [3.63, 3.8) is 0 Å². The predicted molar refractivity (Wildman–Crippen MR) is 106 cm³/mol. The normalized spacial score (nSPS) is 24.0. The zero-order valence-corrected chi connectivity index (χ0v) is 17.5. The number of carbonyl (C=O) groups is 1. The average molecular weight is 425 g/mol. The van der Waals surface area contributed by atoms with Gasteiger partial charge in [0.2, 0.25) is 15.9 Å². The van der Waals surface area contributed by atoms with Crippen molar-refractivity contribution >= 4 is 15.9 Å². The van der Waals surface area contributed by atoms with Gasteiger partial charge in [-0.15, -0.1) is 0 Å². The molecule has 1 spiro atoms. The van der Waals surface area contributed by atoms with Crippen LogP contribution < -0.4 is 0 Å². The van der Waals surface area contributed by atoms with E-state index in [1.165, 1.54) is 22.9 Å². The van der Waals surface area contributed by atoms with Gasteiger partial charge in [0, 0.05) is 38.7 Å². The summed E-state index contributed by atoms with van der Waals surface area (Å²) in [7, 11) is -3.65. The number of ether oxygens (including phenoxy) is 1. The van der Waals surface area contributed by atoms with Gasteiger partial charge in [0.25, 0.3) is 0 Å². The van der Waals surface area contributed by atoms with E-state index in [9.17, 15) is 17.6 Å². The quantitative estimate of drug-likeness (QED) is 0.748. The van der Waals surface area contributed by atoms with Crippen LogP contribution in [0.1, 0.15) is 44.9 Å². The van der Waals surface area contributed by atoms with Gasteiger partial charge >= 0.3 is 0 Å². The van der Waals surface area contributed by atoms with E-state index in [-0.39, 0.29) is 22.3 Å². The van der Waals surface area contributed by atoms with Crippen molar-refractivity contribution < 1.29 is 22.3 Å². The highest BCUT2D eigenvalue weighted by Crippen LogP contribution is 2.35. The molecule has 0 unspecified atom stereocenters. The predicted octanol–water partition coefficient (Wildman–Crippen LogP) is 2.79. The van der Waals surface area contributed by atoms with Crippen molar-refractivity contribution in [2.24, 2.45) is 5.92 Å². The van der Waals surface area contributed by atoms with Crippen LogP contribution in [0.25, 0.3) is 0 Å². The van der Waals surface area contributed by atoms with E-state index in [0.29, 0.717) is 25.9 Å². The van der Waals surface area contributed by atoms with Gasteiger partial charge < -0.3 is 9.64 Å². The number of benzene rings is 1. The topological polar surface area (TPSA) is 66.9 Å². The summed E-state index contributed by atoms with van der Waals surface area (Å²) in [6.45, 7) is 2.92. The van der Waals surface area contributed by atoms with E-state index in [0.717, 1.165) is 57.5 Å². The molecule has 0 aromatic heterocycles. The average Bonchev–Trinajstić information content (AvgIpc) is 2.75. The van der Waals surface area contributed by atoms with Crippen LogP contribution in [0.5, 0.6) is 0 Å². The lowest BCUT2D eigenvalue weighted by Gasteiger charge is -2.45. The molecule has 3 saturated heterocycles. The first-order valence-corrected chi connectivity index (χ1v) is 12.0. The lowest BCUT2D eigenvalue weighted by atomic mass is 9.84. The molecule has 0 bridgehead atoms. The molecule has 3 aliphatic heterocycles. The maximum atomic E-state index is 13.1. The first-order valence-electron chi connectivity index (χ1n) is 10.6. The summed E-state index contributed by atoms with van der Waals surface area (Å²) in [6, 6.07) is 4.89. The zero-order valence-electron chi connectivity index (χ0n) is 16.7. The van der Waals surface area contributed by atoms with Crippen molar-refractivity contribution in [1.82, 2.24) is 9.21 Å². The molecule has 0 saturated carbocycles. The molecule has 4 rings (SSSR count). The summed E-state index contributed by atoms with van der Waals surface area (Å²) in [5, 5.41) is 0. The molecule has 3 fully saturated rings. The van der Waals surface area contributed by atoms with Crippen LogP contribution >= 0.6 is 0 Å². The molecule has 1 aromatic carbocycles. The van der Waals surface area contributed by atoms with Gasteiger partial charge in [-0.3, -0.25) is 4.79 Å². The molecular weight excluding hydrogens is 395 g/mol. The van der Waals surface area contributed by atoms with Crippen molar-refractivity contribution in [1.29, 1.82) is 0 Å². The van der Waals surface area contributed by atoms with Crippen LogP contribution in [-0.4, -0.2) is 61.9 Å². The van der Waals surface area contributed by atoms with E-state index < -0.39 is 15.8 Å². The third-order valence-corrected chi connectivity index (χ3v) is 8.59. The van der Waals surface area contributed by atoms with E-state index >= 15 is 0 Å². The third kappa shape index (κ3) is 4.34. The summed E-state index contributed by atoms with van der Waals surface area (Å²) in [5.41, 5.74) is -0.0262. The van der Waals surface area contributed by atoms with Gasteiger partial charge in [0.05, 0.1) is 10.5 Å². The molecule has 29 heavy (non-hydrogen) atoms. The number of hydrogen-bond acceptors (Lipinski definition) is 4. The second kappa shape index (κ2) is 8.32. The lowest BCUT2D eigenvalue weighted by Crippen LogP contribution is -2.51. The molecular formula is C21H29FN2O4S. The first kappa shape index (κ1) is 20.8. The number of hydrogen-bond donors (Lipinski definition) is 0. The van der Waals surface area contributed by atoms with Crippen molar-refractivity contribution in [2.75, 3.05) is 32.8 Å². The minimum absolute atomic E-state index is 0.0262. The highest BCUT2D eigenvalue weighted by Gasteiger charge is 2.40. The Morgan fingerprint density at radius 2 is 1.66 bits per heavy atom. The molecule has 8 heteroatoms. The highest BCUT2D eigenvalue weighted by molar-refractivity contribution is 7.89. The molecule has 160 valence electrons. The lowest BCUT2D eigenvalue weighted by molar-refractivity contribution is -0.147. The maximum absolute atomic E-state index is 13.1. The Bertz CT molecular complexity index is 819. The Hall–Kier alpha value is -1.51. The smallest absolute Gasteiger partial charge is 0.243 e. The largest absolute Gasteiger partial charge is 0.375 e. The Kier molecular flexibility index (Phi) is 5.95. The second-order valence-electron chi connectivity index (χ2n) is 8.45. The minimum atomic E-state index is -3.65. The fraction of sp³-hybridized carbons (Fsp3) is 0.667. The van der Waals surface area contributed by atoms with Crippen molar-refractivity contribution in [3.05, 3.63) is 30.1 Å². The Labute approximate surface area is 172 Å². The van der Waals surface area contributed by atoms with E-state index in [4.69, 9.17) is 4.74 Å². The van der Waals surface area contributed by atoms with Crippen LogP contribution in [0, 0.1) is 11.7 Å². The number of sulfonamides is 1. The highest BCUT2D eigenvalue weighted by atomic mass is 32.2. The fourth-order valence-electron chi connectivity index (χ4n) is 4.80. The maximum Gasteiger partial charge on any atom is 0.243 e. The van der Waals surface area contributed by atoms with Crippen molar-refractivity contribution in [2.45, 2.75) is 55.4 Å². The van der Waals surface area contributed by atoms with Gasteiger partial charge in [-0.2, -0.15) is 4.31 Å². The monoisotopic (exact) mass is 424 g/mol. The van der Waals surface area contributed by atoms with Crippen LogP contribution in [0.4, 0.5) is 4.39 Å². The van der Waals surface area contributed by atoms with Crippen LogP contribution in [0.2, 0.25) is 0 Å². The summed E-state index contributed by atoms with van der Waals surface area (Å²) in [6.07, 6.45) is 6.27. The number of amides is 1. The Morgan fingerprint density at radius 1 is 1.00 bits per heavy atom. The zero-order chi connectivity index (χ0) is 20.5. The molecule has 1 amide bonds. The molecule has 3 aliphatic rings. The first-order chi connectivity index (χ1) is 13.9. The molecule has 0 aliphatic carbocycles. The summed E-state index contributed by atoms with van der Waals surface area (Å²) < 4.78 is 46.0. The SMILES string of the molecule is O=C(C1CCN(S(=O)(=O)c2ccc(F)cc2)CC1)N1CCC2(CCCCO2)CC1. The number of likely N-dealkylation sites (tertiary alicyclic amines) is 1. The number of nitrogens with zero attached hydrogens (tertiary/aromatic N) is 2. The fourth-order valence-corrected chi connectivity index (χ4v) is 6.27. The molecule has 6 nitrogen and oxygen atoms in total. The Morgan fingerprint density at radius 3 is 2.24 bits per heavy atom. The van der Waals surface area contributed by atoms with Gasteiger partial charge in [-0.05, 0) is 69.2 Å². The standard InChI is InChI=1S/C21H29FN2O4S/c22-18-3-5-19(6-4-18)29(26,27)24-12-7-17(8-13-24)20(25)23-14-10-21(11-15-23)9-1-2-16-28-21/h3-6,17H,1-2,7-16H2. The molecule has 3 heterocycles. The molecule has 0 N–H and O–H groups in total. The third-order valence-electron chi connectivity index (χ3n) is 6.68. The number of carbonyl (C=O) groups excluding carboxylic acids is 1. The molecule has 1 aromatic rings. The number of halogens is 1. The summed E-state index contributed by atoms with van der Waals surface area (Å²) >= 11 is 0. The number of piperidine rings is 2. The minimum Gasteiger partial charge on any atom is -0.375 e. The summed E-state index contributed by atoms with van der Waals surface area (Å²) in [4.78, 5) is 15.0.